The van der Waals surface area contributed by atoms with Crippen molar-refractivity contribution in [3.05, 3.63) is 0 Å². The van der Waals surface area contributed by atoms with E-state index in [-0.39, 0.29) is 0 Å². The Morgan fingerprint density at radius 1 is 1.62 bits per heavy atom. The Labute approximate surface area is 82.3 Å². The van der Waals surface area contributed by atoms with E-state index in [1.54, 1.807) is 0 Å². The Morgan fingerprint density at radius 2 is 2.31 bits per heavy atom. The monoisotopic (exact) mass is 179 g/mol. The van der Waals surface area contributed by atoms with Gasteiger partial charge in [-0.15, -0.1) is 12.3 Å². The summed E-state index contributed by atoms with van der Waals surface area (Å²) >= 11 is 0. The molecule has 0 aromatic heterocycles. The van der Waals surface area contributed by atoms with Crippen LogP contribution in [0.2, 0.25) is 0 Å². The number of hydrogen-bond acceptors (Lipinski definition) is 1. The van der Waals surface area contributed by atoms with E-state index in [0.717, 1.165) is 6.42 Å². The van der Waals surface area contributed by atoms with Crippen LogP contribution in [0.1, 0.15) is 46.5 Å². The topological polar surface area (TPSA) is 12.0 Å². The first-order valence-corrected chi connectivity index (χ1v) is 5.23. The molecule has 0 bridgehead atoms. The molecule has 1 fully saturated rings. The number of nitrogens with one attached hydrogen (secondary N) is 1. The lowest BCUT2D eigenvalue weighted by Gasteiger charge is -2.20. The van der Waals surface area contributed by atoms with Gasteiger partial charge in [-0.05, 0) is 31.6 Å². The summed E-state index contributed by atoms with van der Waals surface area (Å²) in [5.74, 6) is 2.70. The summed E-state index contributed by atoms with van der Waals surface area (Å²) in [5.41, 5.74) is 0.535. The van der Waals surface area contributed by atoms with Crippen molar-refractivity contribution >= 4 is 0 Å². The quantitative estimate of drug-likeness (QED) is 0.657. The Balaban J connectivity index is 2.29. The van der Waals surface area contributed by atoms with Crippen LogP contribution in [0, 0.1) is 17.8 Å². The van der Waals surface area contributed by atoms with Crippen LogP contribution in [0.3, 0.4) is 0 Å². The maximum atomic E-state index is 5.27. The van der Waals surface area contributed by atoms with Gasteiger partial charge >= 0.3 is 0 Å². The lowest BCUT2D eigenvalue weighted by molar-refractivity contribution is 0.356. The molecule has 0 aromatic rings. The second kappa shape index (κ2) is 4.15. The average molecular weight is 179 g/mol. The SMILES string of the molecule is C#CCC(C)NC1CCC(C)(C)C1. The van der Waals surface area contributed by atoms with Gasteiger partial charge in [0, 0.05) is 18.5 Å². The van der Waals surface area contributed by atoms with E-state index in [1.165, 1.54) is 19.3 Å². The number of hydrogen-bond donors (Lipinski definition) is 1. The molecule has 0 aliphatic heterocycles. The van der Waals surface area contributed by atoms with Gasteiger partial charge < -0.3 is 5.32 Å². The second-order valence-corrected chi connectivity index (χ2v) is 5.08. The molecule has 1 nitrogen and oxygen atoms in total. The van der Waals surface area contributed by atoms with Crippen molar-refractivity contribution in [2.75, 3.05) is 0 Å². The summed E-state index contributed by atoms with van der Waals surface area (Å²) in [6, 6.07) is 1.17. The van der Waals surface area contributed by atoms with Crippen LogP contribution in [0.25, 0.3) is 0 Å². The zero-order chi connectivity index (χ0) is 9.90. The molecule has 2 atom stereocenters. The maximum Gasteiger partial charge on any atom is 0.0238 e. The smallest absolute Gasteiger partial charge is 0.0238 e. The molecule has 1 aliphatic carbocycles. The van der Waals surface area contributed by atoms with Crippen molar-refractivity contribution < 1.29 is 0 Å². The molecule has 0 amide bonds. The van der Waals surface area contributed by atoms with Gasteiger partial charge in [0.25, 0.3) is 0 Å². The van der Waals surface area contributed by atoms with Gasteiger partial charge in [-0.3, -0.25) is 0 Å². The summed E-state index contributed by atoms with van der Waals surface area (Å²) in [5, 5.41) is 3.59. The first-order chi connectivity index (χ1) is 6.03. The Bertz CT molecular complexity index is 200. The van der Waals surface area contributed by atoms with Crippen LogP contribution in [0.15, 0.2) is 0 Å². The van der Waals surface area contributed by atoms with E-state index in [2.05, 4.69) is 32.0 Å². The molecule has 1 heteroatoms. The molecule has 13 heavy (non-hydrogen) atoms. The molecule has 0 radical (unpaired) electrons. The molecule has 0 heterocycles. The lowest BCUT2D eigenvalue weighted by Crippen LogP contribution is -2.35. The van der Waals surface area contributed by atoms with E-state index >= 15 is 0 Å². The van der Waals surface area contributed by atoms with Gasteiger partial charge in [0.2, 0.25) is 0 Å². The lowest BCUT2D eigenvalue weighted by atomic mass is 9.92. The van der Waals surface area contributed by atoms with Crippen LogP contribution in [-0.4, -0.2) is 12.1 Å². The van der Waals surface area contributed by atoms with Crippen LogP contribution < -0.4 is 5.32 Å². The largest absolute Gasteiger partial charge is 0.311 e. The van der Waals surface area contributed by atoms with Gasteiger partial charge in [0.05, 0.1) is 0 Å². The van der Waals surface area contributed by atoms with Gasteiger partial charge in [0.1, 0.15) is 0 Å². The van der Waals surface area contributed by atoms with Gasteiger partial charge in [0.15, 0.2) is 0 Å². The van der Waals surface area contributed by atoms with E-state index in [9.17, 15) is 0 Å². The molecule has 1 aliphatic rings. The highest BCUT2D eigenvalue weighted by Crippen LogP contribution is 2.37. The fraction of sp³-hybridized carbons (Fsp3) is 0.833. The van der Waals surface area contributed by atoms with Gasteiger partial charge in [-0.25, -0.2) is 0 Å². The summed E-state index contributed by atoms with van der Waals surface area (Å²) in [4.78, 5) is 0. The van der Waals surface area contributed by atoms with Gasteiger partial charge in [-0.1, -0.05) is 13.8 Å². The minimum Gasteiger partial charge on any atom is -0.311 e. The molecule has 1 rings (SSSR count). The second-order valence-electron chi connectivity index (χ2n) is 5.08. The van der Waals surface area contributed by atoms with Crippen LogP contribution >= 0.6 is 0 Å². The molecular formula is C12H21N. The summed E-state index contributed by atoms with van der Waals surface area (Å²) in [6.07, 6.45) is 10.1. The van der Waals surface area contributed by atoms with E-state index in [4.69, 9.17) is 6.42 Å². The summed E-state index contributed by atoms with van der Waals surface area (Å²) < 4.78 is 0. The molecule has 0 aromatic carbocycles. The highest BCUT2D eigenvalue weighted by Gasteiger charge is 2.30. The minimum atomic E-state index is 0.476. The average Bonchev–Trinajstić information content (AvgIpc) is 2.30. The number of terminal acetylenes is 1. The number of rotatable bonds is 3. The van der Waals surface area contributed by atoms with Crippen LogP contribution in [0.4, 0.5) is 0 Å². The van der Waals surface area contributed by atoms with Gasteiger partial charge in [-0.2, -0.15) is 0 Å². The maximum absolute atomic E-state index is 5.27. The zero-order valence-corrected chi connectivity index (χ0v) is 9.06. The van der Waals surface area contributed by atoms with E-state index in [0.29, 0.717) is 17.5 Å². The first-order valence-electron chi connectivity index (χ1n) is 5.23. The van der Waals surface area contributed by atoms with Crippen molar-refractivity contribution in [3.63, 3.8) is 0 Å². The third-order valence-corrected chi connectivity index (χ3v) is 2.91. The molecule has 0 spiro atoms. The Morgan fingerprint density at radius 3 is 2.77 bits per heavy atom. The van der Waals surface area contributed by atoms with E-state index in [1.807, 2.05) is 0 Å². The van der Waals surface area contributed by atoms with Crippen molar-refractivity contribution in [1.29, 1.82) is 0 Å². The molecular weight excluding hydrogens is 158 g/mol. The molecule has 1 saturated carbocycles. The zero-order valence-electron chi connectivity index (χ0n) is 9.06. The van der Waals surface area contributed by atoms with Crippen LogP contribution in [-0.2, 0) is 0 Å². The summed E-state index contributed by atoms with van der Waals surface area (Å²) in [7, 11) is 0. The highest BCUT2D eigenvalue weighted by molar-refractivity contribution is 4.92. The van der Waals surface area contributed by atoms with Crippen molar-refractivity contribution in [2.45, 2.75) is 58.5 Å². The third kappa shape index (κ3) is 3.40. The Kier molecular flexibility index (Phi) is 3.39. The molecule has 74 valence electrons. The molecule has 0 saturated heterocycles. The Hall–Kier alpha value is -0.480. The van der Waals surface area contributed by atoms with Crippen LogP contribution in [0.5, 0.6) is 0 Å². The normalized spacial score (nSPS) is 28.3. The third-order valence-electron chi connectivity index (χ3n) is 2.91. The molecule has 2 unspecified atom stereocenters. The van der Waals surface area contributed by atoms with Crippen molar-refractivity contribution in [1.82, 2.24) is 5.32 Å². The summed E-state index contributed by atoms with van der Waals surface area (Å²) in [6.45, 7) is 6.87. The fourth-order valence-corrected chi connectivity index (χ4v) is 2.22. The standard InChI is InChI=1S/C12H21N/c1-5-6-10(2)13-11-7-8-12(3,4)9-11/h1,10-11,13H,6-9H2,2-4H3. The fourth-order valence-electron chi connectivity index (χ4n) is 2.22. The first kappa shape index (κ1) is 10.6. The highest BCUT2D eigenvalue weighted by atomic mass is 14.9. The van der Waals surface area contributed by atoms with Crippen molar-refractivity contribution in [3.8, 4) is 12.3 Å². The van der Waals surface area contributed by atoms with Crippen molar-refractivity contribution in [2.24, 2.45) is 5.41 Å². The predicted octanol–water partition coefficient (Wildman–Crippen LogP) is 2.57. The molecule has 1 N–H and O–H groups in total. The van der Waals surface area contributed by atoms with E-state index < -0.39 is 0 Å². The predicted molar refractivity (Wildman–Crippen MR) is 57.5 cm³/mol. The minimum absolute atomic E-state index is 0.476.